The predicted octanol–water partition coefficient (Wildman–Crippen LogP) is 2.11. The number of carbonyl (C=O) groups excluding carboxylic acids is 1. The fourth-order valence-electron chi connectivity index (χ4n) is 2.84. The van der Waals surface area contributed by atoms with Crippen LogP contribution in [-0.2, 0) is 11.2 Å². The van der Waals surface area contributed by atoms with Gasteiger partial charge in [0, 0.05) is 31.9 Å². The molecule has 0 aromatic carbocycles. The Bertz CT molecular complexity index is 626. The molecule has 1 aliphatic rings. The summed E-state index contributed by atoms with van der Waals surface area (Å²) in [5, 5.41) is 3.84. The number of amides is 1. The van der Waals surface area contributed by atoms with Crippen molar-refractivity contribution in [3.05, 3.63) is 41.8 Å². The van der Waals surface area contributed by atoms with E-state index in [2.05, 4.69) is 15.1 Å². The summed E-state index contributed by atoms with van der Waals surface area (Å²) in [6, 6.07) is 3.90. The number of likely N-dealkylation sites (tertiary alicyclic amines) is 1. The van der Waals surface area contributed by atoms with Crippen molar-refractivity contribution in [2.45, 2.75) is 38.5 Å². The van der Waals surface area contributed by atoms with Gasteiger partial charge in [-0.3, -0.25) is 9.78 Å². The van der Waals surface area contributed by atoms with Crippen LogP contribution in [0.15, 0.2) is 29.0 Å². The largest absolute Gasteiger partial charge is 0.342 e. The van der Waals surface area contributed by atoms with Crippen LogP contribution >= 0.6 is 0 Å². The minimum Gasteiger partial charge on any atom is -0.342 e. The summed E-state index contributed by atoms with van der Waals surface area (Å²) in [6.07, 6.45) is 6.77. The molecule has 6 heteroatoms. The first-order valence-corrected chi connectivity index (χ1v) is 7.69. The summed E-state index contributed by atoms with van der Waals surface area (Å²) in [5.41, 5.74) is 1.09. The zero-order valence-electron chi connectivity index (χ0n) is 12.7. The second-order valence-corrected chi connectivity index (χ2v) is 5.72. The van der Waals surface area contributed by atoms with Crippen molar-refractivity contribution in [2.24, 2.45) is 0 Å². The van der Waals surface area contributed by atoms with Crippen LogP contribution in [0.5, 0.6) is 0 Å². The van der Waals surface area contributed by atoms with Crippen molar-refractivity contribution < 1.29 is 9.32 Å². The summed E-state index contributed by atoms with van der Waals surface area (Å²) >= 11 is 0. The Morgan fingerprint density at radius 3 is 3.14 bits per heavy atom. The molecule has 2 aromatic heterocycles. The summed E-state index contributed by atoms with van der Waals surface area (Å²) < 4.78 is 5.25. The molecule has 0 bridgehead atoms. The van der Waals surface area contributed by atoms with E-state index in [-0.39, 0.29) is 11.8 Å². The molecule has 1 saturated heterocycles. The van der Waals surface area contributed by atoms with Gasteiger partial charge in [-0.15, -0.1) is 0 Å². The van der Waals surface area contributed by atoms with E-state index in [1.165, 1.54) is 0 Å². The van der Waals surface area contributed by atoms with E-state index in [1.807, 2.05) is 30.2 Å². The van der Waals surface area contributed by atoms with Crippen LogP contribution in [0, 0.1) is 6.92 Å². The summed E-state index contributed by atoms with van der Waals surface area (Å²) in [7, 11) is 0. The Kier molecular flexibility index (Phi) is 4.46. The van der Waals surface area contributed by atoms with Crippen molar-refractivity contribution in [1.29, 1.82) is 0 Å². The summed E-state index contributed by atoms with van der Waals surface area (Å²) in [4.78, 5) is 22.7. The van der Waals surface area contributed by atoms with Crippen molar-refractivity contribution in [3.63, 3.8) is 0 Å². The van der Waals surface area contributed by atoms with Crippen molar-refractivity contribution in [1.82, 2.24) is 20.0 Å². The first-order valence-electron chi connectivity index (χ1n) is 7.69. The van der Waals surface area contributed by atoms with Gasteiger partial charge in [0.2, 0.25) is 11.8 Å². The molecule has 0 aliphatic carbocycles. The van der Waals surface area contributed by atoms with Gasteiger partial charge >= 0.3 is 0 Å². The molecule has 1 amide bonds. The fourth-order valence-corrected chi connectivity index (χ4v) is 2.84. The van der Waals surface area contributed by atoms with Crippen LogP contribution in [0.25, 0.3) is 0 Å². The molecule has 0 spiro atoms. The smallest absolute Gasteiger partial charge is 0.231 e. The Hall–Kier alpha value is -2.24. The number of aromatic nitrogens is 3. The first-order chi connectivity index (χ1) is 10.7. The highest BCUT2D eigenvalue weighted by atomic mass is 16.5. The van der Waals surface area contributed by atoms with Crippen LogP contribution in [0.1, 0.15) is 42.5 Å². The lowest BCUT2D eigenvalue weighted by atomic mass is 9.97. The Balaban J connectivity index is 1.56. The minimum absolute atomic E-state index is 0.164. The molecule has 22 heavy (non-hydrogen) atoms. The molecule has 2 aromatic rings. The first kappa shape index (κ1) is 14.7. The molecule has 0 unspecified atom stereocenters. The number of carbonyl (C=O) groups is 1. The van der Waals surface area contributed by atoms with E-state index in [0.29, 0.717) is 24.7 Å². The number of hydrogen-bond acceptors (Lipinski definition) is 5. The van der Waals surface area contributed by atoms with E-state index in [0.717, 1.165) is 31.4 Å². The average Bonchev–Trinajstić information content (AvgIpc) is 3.00. The normalized spacial score (nSPS) is 18.4. The third kappa shape index (κ3) is 3.50. The lowest BCUT2D eigenvalue weighted by Gasteiger charge is -2.31. The second-order valence-electron chi connectivity index (χ2n) is 5.72. The lowest BCUT2D eigenvalue weighted by molar-refractivity contribution is -0.132. The molecule has 1 aliphatic heterocycles. The van der Waals surface area contributed by atoms with E-state index >= 15 is 0 Å². The molecule has 0 radical (unpaired) electrons. The molecule has 0 saturated carbocycles. The molecule has 3 heterocycles. The molecular weight excluding hydrogens is 280 g/mol. The van der Waals surface area contributed by atoms with Crippen LogP contribution in [0.2, 0.25) is 0 Å². The van der Waals surface area contributed by atoms with Crippen molar-refractivity contribution in [3.8, 4) is 0 Å². The van der Waals surface area contributed by atoms with E-state index in [9.17, 15) is 4.79 Å². The van der Waals surface area contributed by atoms with Crippen LogP contribution in [0.4, 0.5) is 0 Å². The van der Waals surface area contributed by atoms with Gasteiger partial charge in [-0.1, -0.05) is 11.2 Å². The fraction of sp³-hybridized carbons (Fsp3) is 0.500. The van der Waals surface area contributed by atoms with Gasteiger partial charge in [-0.05, 0) is 37.8 Å². The maximum atomic E-state index is 12.4. The van der Waals surface area contributed by atoms with Crippen molar-refractivity contribution in [2.75, 3.05) is 13.1 Å². The SMILES string of the molecule is Cc1noc([C@@H]2CCCN(C(=O)CCc3cccnc3)C2)n1. The van der Waals surface area contributed by atoms with Crippen LogP contribution in [0.3, 0.4) is 0 Å². The van der Waals surface area contributed by atoms with Gasteiger partial charge in [-0.25, -0.2) is 0 Å². The van der Waals surface area contributed by atoms with Gasteiger partial charge < -0.3 is 9.42 Å². The lowest BCUT2D eigenvalue weighted by Crippen LogP contribution is -2.39. The maximum absolute atomic E-state index is 12.4. The topological polar surface area (TPSA) is 72.1 Å². The summed E-state index contributed by atoms with van der Waals surface area (Å²) in [6.45, 7) is 3.30. The van der Waals surface area contributed by atoms with Crippen LogP contribution < -0.4 is 0 Å². The minimum atomic E-state index is 0.164. The highest BCUT2D eigenvalue weighted by molar-refractivity contribution is 5.76. The van der Waals surface area contributed by atoms with Gasteiger partial charge in [0.25, 0.3) is 0 Å². The number of hydrogen-bond donors (Lipinski definition) is 0. The molecule has 6 nitrogen and oxygen atoms in total. The zero-order valence-corrected chi connectivity index (χ0v) is 12.7. The zero-order chi connectivity index (χ0) is 15.4. The second kappa shape index (κ2) is 6.68. The van der Waals surface area contributed by atoms with Crippen LogP contribution in [-0.4, -0.2) is 39.0 Å². The van der Waals surface area contributed by atoms with E-state index in [1.54, 1.807) is 6.20 Å². The Morgan fingerprint density at radius 2 is 2.41 bits per heavy atom. The predicted molar refractivity (Wildman–Crippen MR) is 80.1 cm³/mol. The Morgan fingerprint density at radius 1 is 1.50 bits per heavy atom. The Labute approximate surface area is 129 Å². The highest BCUT2D eigenvalue weighted by Gasteiger charge is 2.27. The van der Waals surface area contributed by atoms with Gasteiger partial charge in [0.05, 0.1) is 5.92 Å². The molecule has 116 valence electrons. The van der Waals surface area contributed by atoms with E-state index in [4.69, 9.17) is 4.52 Å². The monoisotopic (exact) mass is 300 g/mol. The van der Waals surface area contributed by atoms with Gasteiger partial charge in [0.1, 0.15) is 0 Å². The van der Waals surface area contributed by atoms with Crippen molar-refractivity contribution >= 4 is 5.91 Å². The third-order valence-electron chi connectivity index (χ3n) is 4.02. The molecule has 1 atom stereocenters. The number of rotatable bonds is 4. The molecule has 3 rings (SSSR count). The van der Waals surface area contributed by atoms with Gasteiger partial charge in [0.15, 0.2) is 5.82 Å². The number of pyridine rings is 1. The number of aryl methyl sites for hydroxylation is 2. The van der Waals surface area contributed by atoms with Gasteiger partial charge in [-0.2, -0.15) is 4.98 Å². The third-order valence-corrected chi connectivity index (χ3v) is 4.02. The number of piperidine rings is 1. The average molecular weight is 300 g/mol. The molecule has 1 fully saturated rings. The summed E-state index contributed by atoms with van der Waals surface area (Å²) in [5.74, 6) is 1.65. The van der Waals surface area contributed by atoms with E-state index < -0.39 is 0 Å². The highest BCUT2D eigenvalue weighted by Crippen LogP contribution is 2.26. The standard InChI is InChI=1S/C16H20N4O2/c1-12-18-16(22-19-12)14-5-3-9-20(11-14)15(21)7-6-13-4-2-8-17-10-13/h2,4,8,10,14H,3,5-7,9,11H2,1H3/t14-/m1/s1. The quantitative estimate of drug-likeness (QED) is 0.864. The number of nitrogens with zero attached hydrogens (tertiary/aromatic N) is 4. The maximum Gasteiger partial charge on any atom is 0.231 e. The molecular formula is C16H20N4O2. The molecule has 0 N–H and O–H groups in total.